The minimum absolute atomic E-state index is 0.653. The van der Waals surface area contributed by atoms with E-state index in [-0.39, 0.29) is 0 Å². The third-order valence-corrected chi connectivity index (χ3v) is 2.50. The molecule has 0 fully saturated rings. The van der Waals surface area contributed by atoms with Crippen LogP contribution in [0.5, 0.6) is 5.88 Å². The second-order valence-electron chi connectivity index (χ2n) is 5.14. The van der Waals surface area contributed by atoms with Crippen LogP contribution in [0.3, 0.4) is 0 Å². The number of likely N-dealkylation sites (N-methyl/N-ethyl adjacent to an activating group) is 1. The third kappa shape index (κ3) is 5.98. The third-order valence-electron chi connectivity index (χ3n) is 2.50. The van der Waals surface area contributed by atoms with Gasteiger partial charge in [0.25, 0.3) is 0 Å². The number of hydrogen-bond acceptors (Lipinski definition) is 4. The van der Waals surface area contributed by atoms with Crippen molar-refractivity contribution < 1.29 is 4.74 Å². The number of nitrogens with one attached hydrogen (secondary N) is 1. The number of hydrogen-bond donors (Lipinski definition) is 1. The van der Waals surface area contributed by atoms with Gasteiger partial charge >= 0.3 is 0 Å². The summed E-state index contributed by atoms with van der Waals surface area (Å²) < 4.78 is 5.71. The average Bonchev–Trinajstić information content (AvgIpc) is 2.30. The Kier molecular flexibility index (Phi) is 6.68. The molecule has 1 heterocycles. The summed E-state index contributed by atoms with van der Waals surface area (Å²) >= 11 is 0. The Balaban J connectivity index is 2.45. The molecule has 1 aromatic heterocycles. The van der Waals surface area contributed by atoms with Crippen molar-refractivity contribution in [2.75, 3.05) is 33.8 Å². The van der Waals surface area contributed by atoms with Crippen LogP contribution >= 0.6 is 0 Å². The van der Waals surface area contributed by atoms with Crippen molar-refractivity contribution in [3.05, 3.63) is 23.9 Å². The summed E-state index contributed by atoms with van der Waals surface area (Å²) in [5.41, 5.74) is 1.12. The minimum Gasteiger partial charge on any atom is -0.476 e. The van der Waals surface area contributed by atoms with Crippen LogP contribution in [-0.2, 0) is 6.54 Å². The smallest absolute Gasteiger partial charge is 0.217 e. The molecule has 4 heteroatoms. The van der Waals surface area contributed by atoms with Gasteiger partial charge in [-0.25, -0.2) is 4.98 Å². The van der Waals surface area contributed by atoms with E-state index in [1.807, 2.05) is 20.2 Å². The summed E-state index contributed by atoms with van der Waals surface area (Å²) in [4.78, 5) is 6.39. The van der Waals surface area contributed by atoms with E-state index in [0.29, 0.717) is 12.5 Å². The van der Waals surface area contributed by atoms with Gasteiger partial charge in [-0.15, -0.1) is 0 Å². The first-order valence-corrected chi connectivity index (χ1v) is 6.51. The molecule has 1 N–H and O–H groups in total. The molecule has 0 aliphatic carbocycles. The van der Waals surface area contributed by atoms with Crippen molar-refractivity contribution in [2.45, 2.75) is 20.4 Å². The molecule has 4 nitrogen and oxygen atoms in total. The maximum absolute atomic E-state index is 5.71. The Morgan fingerprint density at radius 2 is 2.17 bits per heavy atom. The summed E-state index contributed by atoms with van der Waals surface area (Å²) in [6.45, 7) is 7.78. The quantitative estimate of drug-likeness (QED) is 0.764. The van der Waals surface area contributed by atoms with Gasteiger partial charge in [-0.3, -0.25) is 0 Å². The molecule has 0 aliphatic rings. The second-order valence-corrected chi connectivity index (χ2v) is 5.14. The molecule has 0 radical (unpaired) electrons. The van der Waals surface area contributed by atoms with Gasteiger partial charge in [-0.05, 0) is 32.6 Å². The number of ether oxygens (including phenoxy) is 1. The van der Waals surface area contributed by atoms with Gasteiger partial charge in [0, 0.05) is 24.8 Å². The fraction of sp³-hybridized carbons (Fsp3) is 0.643. The molecule has 18 heavy (non-hydrogen) atoms. The van der Waals surface area contributed by atoms with Crippen LogP contribution in [0.25, 0.3) is 0 Å². The van der Waals surface area contributed by atoms with Crippen LogP contribution in [0.15, 0.2) is 18.3 Å². The molecule has 0 atom stereocenters. The Labute approximate surface area is 110 Å². The minimum atomic E-state index is 0.653. The second kappa shape index (κ2) is 8.06. The molecule has 0 spiro atoms. The lowest BCUT2D eigenvalue weighted by atomic mass is 10.2. The first kappa shape index (κ1) is 14.9. The largest absolute Gasteiger partial charge is 0.476 e. The molecular weight excluding hydrogens is 226 g/mol. The summed E-state index contributed by atoms with van der Waals surface area (Å²) in [5.74, 6) is 1.40. The van der Waals surface area contributed by atoms with Gasteiger partial charge in [0.2, 0.25) is 5.88 Å². The molecule has 0 amide bonds. The maximum Gasteiger partial charge on any atom is 0.217 e. The van der Waals surface area contributed by atoms with Crippen molar-refractivity contribution in [2.24, 2.45) is 5.92 Å². The number of rotatable bonds is 8. The van der Waals surface area contributed by atoms with Gasteiger partial charge < -0.3 is 15.0 Å². The van der Waals surface area contributed by atoms with E-state index in [4.69, 9.17) is 4.74 Å². The highest BCUT2D eigenvalue weighted by molar-refractivity contribution is 5.25. The predicted molar refractivity (Wildman–Crippen MR) is 74.8 cm³/mol. The van der Waals surface area contributed by atoms with Crippen LogP contribution in [0, 0.1) is 5.92 Å². The number of aromatic nitrogens is 1. The van der Waals surface area contributed by atoms with E-state index in [2.05, 4.69) is 35.1 Å². The molecule has 1 rings (SSSR count). The van der Waals surface area contributed by atoms with Crippen LogP contribution in [0.1, 0.15) is 19.4 Å². The fourth-order valence-corrected chi connectivity index (χ4v) is 1.51. The van der Waals surface area contributed by atoms with E-state index >= 15 is 0 Å². The van der Waals surface area contributed by atoms with Crippen LogP contribution < -0.4 is 10.1 Å². The van der Waals surface area contributed by atoms with Crippen LogP contribution in [0.4, 0.5) is 0 Å². The topological polar surface area (TPSA) is 37.4 Å². The molecule has 102 valence electrons. The molecule has 0 aliphatic heterocycles. The highest BCUT2D eigenvalue weighted by Crippen LogP contribution is 2.13. The molecule has 0 saturated heterocycles. The molecule has 0 saturated carbocycles. The Bertz CT molecular complexity index is 307. The zero-order valence-corrected chi connectivity index (χ0v) is 11.9. The van der Waals surface area contributed by atoms with Gasteiger partial charge in [0.15, 0.2) is 0 Å². The van der Waals surface area contributed by atoms with E-state index in [1.165, 1.54) is 0 Å². The first-order valence-electron chi connectivity index (χ1n) is 6.51. The summed E-state index contributed by atoms with van der Waals surface area (Å²) in [6.07, 6.45) is 1.77. The number of pyridine rings is 1. The summed E-state index contributed by atoms with van der Waals surface area (Å²) in [5, 5.41) is 3.41. The van der Waals surface area contributed by atoms with E-state index in [1.54, 1.807) is 6.20 Å². The van der Waals surface area contributed by atoms with Gasteiger partial charge in [0.1, 0.15) is 6.61 Å². The lowest BCUT2D eigenvalue weighted by molar-refractivity contribution is 0.251. The lowest BCUT2D eigenvalue weighted by Gasteiger charge is -2.13. The molecule has 0 aromatic carbocycles. The van der Waals surface area contributed by atoms with Crippen molar-refractivity contribution in [3.8, 4) is 5.88 Å². The summed E-state index contributed by atoms with van der Waals surface area (Å²) in [7, 11) is 4.07. The normalized spacial score (nSPS) is 11.2. The Hall–Kier alpha value is -1.13. The van der Waals surface area contributed by atoms with Gasteiger partial charge in [-0.1, -0.05) is 19.9 Å². The maximum atomic E-state index is 5.71. The Morgan fingerprint density at radius 3 is 2.83 bits per heavy atom. The SMILES string of the molecule is CC(C)CNCc1cccnc1OCCN(C)C. The zero-order chi connectivity index (χ0) is 13.4. The zero-order valence-electron chi connectivity index (χ0n) is 11.9. The molecule has 0 unspecified atom stereocenters. The van der Waals surface area contributed by atoms with Crippen molar-refractivity contribution in [1.82, 2.24) is 15.2 Å². The Morgan fingerprint density at radius 1 is 1.39 bits per heavy atom. The van der Waals surface area contributed by atoms with Crippen molar-refractivity contribution in [1.29, 1.82) is 0 Å². The highest BCUT2D eigenvalue weighted by atomic mass is 16.5. The highest BCUT2D eigenvalue weighted by Gasteiger charge is 2.04. The first-order chi connectivity index (χ1) is 8.59. The van der Waals surface area contributed by atoms with E-state index < -0.39 is 0 Å². The van der Waals surface area contributed by atoms with Crippen LogP contribution in [0.2, 0.25) is 0 Å². The fourth-order valence-electron chi connectivity index (χ4n) is 1.51. The standard InChI is InChI=1S/C14H25N3O/c1-12(2)10-15-11-13-6-5-7-16-14(13)18-9-8-17(3)4/h5-7,12,15H,8-11H2,1-4H3. The summed E-state index contributed by atoms with van der Waals surface area (Å²) in [6, 6.07) is 4.01. The molecular formula is C14H25N3O. The molecule has 0 bridgehead atoms. The van der Waals surface area contributed by atoms with Crippen molar-refractivity contribution >= 4 is 0 Å². The van der Waals surface area contributed by atoms with Gasteiger partial charge in [-0.2, -0.15) is 0 Å². The number of nitrogens with zero attached hydrogens (tertiary/aromatic N) is 2. The monoisotopic (exact) mass is 251 g/mol. The molecule has 1 aromatic rings. The van der Waals surface area contributed by atoms with Crippen molar-refractivity contribution in [3.63, 3.8) is 0 Å². The van der Waals surface area contributed by atoms with E-state index in [9.17, 15) is 0 Å². The van der Waals surface area contributed by atoms with Gasteiger partial charge in [0.05, 0.1) is 0 Å². The predicted octanol–water partition coefficient (Wildman–Crippen LogP) is 1.77. The lowest BCUT2D eigenvalue weighted by Crippen LogP contribution is -2.22. The van der Waals surface area contributed by atoms with Crippen LogP contribution in [-0.4, -0.2) is 43.7 Å². The average molecular weight is 251 g/mol. The van der Waals surface area contributed by atoms with E-state index in [0.717, 1.165) is 31.1 Å².